The van der Waals surface area contributed by atoms with E-state index < -0.39 is 5.97 Å². The second-order valence-electron chi connectivity index (χ2n) is 4.01. The molecular weight excluding hydrogens is 285 g/mol. The van der Waals surface area contributed by atoms with Gasteiger partial charge < -0.3 is 10.4 Å². The summed E-state index contributed by atoms with van der Waals surface area (Å²) in [7, 11) is 0. The van der Waals surface area contributed by atoms with Crippen LogP contribution in [0.15, 0.2) is 42.5 Å². The number of rotatable bonds is 4. The van der Waals surface area contributed by atoms with Gasteiger partial charge in [0.2, 0.25) is 0 Å². The highest BCUT2D eigenvalue weighted by Crippen LogP contribution is 2.22. The summed E-state index contributed by atoms with van der Waals surface area (Å²) in [6.07, 6.45) is 0. The molecular formula is C14H11Cl2NO2. The van der Waals surface area contributed by atoms with E-state index in [1.807, 2.05) is 0 Å². The van der Waals surface area contributed by atoms with Crippen LogP contribution in [0.3, 0.4) is 0 Å². The van der Waals surface area contributed by atoms with Crippen LogP contribution >= 0.6 is 23.2 Å². The third kappa shape index (κ3) is 3.88. The number of aromatic carboxylic acids is 1. The fraction of sp³-hybridized carbons (Fsp3) is 0.0714. The maximum Gasteiger partial charge on any atom is 0.335 e. The van der Waals surface area contributed by atoms with Crippen molar-refractivity contribution in [2.24, 2.45) is 0 Å². The Labute approximate surface area is 120 Å². The van der Waals surface area contributed by atoms with E-state index in [1.165, 1.54) is 0 Å². The molecule has 2 aromatic rings. The van der Waals surface area contributed by atoms with Gasteiger partial charge in [0.15, 0.2) is 0 Å². The number of nitrogens with one attached hydrogen (secondary N) is 1. The maximum atomic E-state index is 10.7. The van der Waals surface area contributed by atoms with Gasteiger partial charge in [-0.15, -0.1) is 0 Å². The highest BCUT2D eigenvalue weighted by Gasteiger charge is 2.02. The molecule has 2 rings (SSSR count). The monoisotopic (exact) mass is 295 g/mol. The molecule has 0 aromatic heterocycles. The second kappa shape index (κ2) is 5.95. The first-order valence-corrected chi connectivity index (χ1v) is 6.32. The standard InChI is InChI=1S/C14H11Cl2NO2/c15-11-5-12(16)7-13(6-11)17-8-9-1-3-10(4-2-9)14(18)19/h1-7,17H,8H2,(H,18,19). The van der Waals surface area contributed by atoms with Gasteiger partial charge in [-0.05, 0) is 35.9 Å². The van der Waals surface area contributed by atoms with Crippen LogP contribution in [0.4, 0.5) is 5.69 Å². The SMILES string of the molecule is O=C(O)c1ccc(CNc2cc(Cl)cc(Cl)c2)cc1. The second-order valence-corrected chi connectivity index (χ2v) is 4.89. The van der Waals surface area contributed by atoms with Crippen LogP contribution in [-0.2, 0) is 6.54 Å². The van der Waals surface area contributed by atoms with E-state index in [0.29, 0.717) is 16.6 Å². The minimum absolute atomic E-state index is 0.273. The van der Waals surface area contributed by atoms with Crippen molar-refractivity contribution in [3.8, 4) is 0 Å². The summed E-state index contributed by atoms with van der Waals surface area (Å²) in [4.78, 5) is 10.7. The minimum Gasteiger partial charge on any atom is -0.478 e. The number of anilines is 1. The van der Waals surface area contributed by atoms with Crippen LogP contribution in [0.25, 0.3) is 0 Å². The van der Waals surface area contributed by atoms with E-state index in [1.54, 1.807) is 42.5 Å². The Balaban J connectivity index is 2.03. The smallest absolute Gasteiger partial charge is 0.335 e. The summed E-state index contributed by atoms with van der Waals surface area (Å²) < 4.78 is 0. The molecule has 0 aliphatic carbocycles. The van der Waals surface area contributed by atoms with Gasteiger partial charge in [0, 0.05) is 22.3 Å². The molecule has 0 amide bonds. The topological polar surface area (TPSA) is 49.3 Å². The van der Waals surface area contributed by atoms with Gasteiger partial charge >= 0.3 is 5.97 Å². The van der Waals surface area contributed by atoms with Crippen LogP contribution in [0, 0.1) is 0 Å². The fourth-order valence-corrected chi connectivity index (χ4v) is 2.15. The van der Waals surface area contributed by atoms with Crippen molar-refractivity contribution in [3.63, 3.8) is 0 Å². The van der Waals surface area contributed by atoms with Crippen LogP contribution in [0.2, 0.25) is 10.0 Å². The van der Waals surface area contributed by atoms with E-state index in [9.17, 15) is 4.79 Å². The normalized spacial score (nSPS) is 10.2. The van der Waals surface area contributed by atoms with Crippen molar-refractivity contribution in [1.82, 2.24) is 0 Å². The quantitative estimate of drug-likeness (QED) is 0.884. The molecule has 2 aromatic carbocycles. The molecule has 0 bridgehead atoms. The lowest BCUT2D eigenvalue weighted by atomic mass is 10.1. The van der Waals surface area contributed by atoms with Crippen LogP contribution < -0.4 is 5.32 Å². The van der Waals surface area contributed by atoms with Crippen LogP contribution in [0.1, 0.15) is 15.9 Å². The Kier molecular flexibility index (Phi) is 4.30. The molecule has 0 heterocycles. The molecule has 2 N–H and O–H groups in total. The maximum absolute atomic E-state index is 10.7. The summed E-state index contributed by atoms with van der Waals surface area (Å²) in [5.41, 5.74) is 2.07. The summed E-state index contributed by atoms with van der Waals surface area (Å²) in [6.45, 7) is 0.566. The van der Waals surface area contributed by atoms with E-state index >= 15 is 0 Å². The molecule has 0 unspecified atom stereocenters. The summed E-state index contributed by atoms with van der Waals surface area (Å²) in [5, 5.41) is 13.1. The van der Waals surface area contributed by atoms with Gasteiger partial charge in [-0.25, -0.2) is 4.79 Å². The van der Waals surface area contributed by atoms with Gasteiger partial charge in [0.25, 0.3) is 0 Å². The van der Waals surface area contributed by atoms with E-state index in [4.69, 9.17) is 28.3 Å². The molecule has 0 aliphatic heterocycles. The summed E-state index contributed by atoms with van der Waals surface area (Å²) >= 11 is 11.8. The van der Waals surface area contributed by atoms with Crippen molar-refractivity contribution in [2.45, 2.75) is 6.54 Å². The first-order valence-electron chi connectivity index (χ1n) is 5.57. The molecule has 5 heteroatoms. The number of hydrogen-bond acceptors (Lipinski definition) is 2. The van der Waals surface area contributed by atoms with Crippen molar-refractivity contribution in [3.05, 3.63) is 63.6 Å². The van der Waals surface area contributed by atoms with E-state index in [2.05, 4.69) is 5.32 Å². The predicted octanol–water partition coefficient (Wildman–Crippen LogP) is 4.30. The molecule has 0 saturated carbocycles. The zero-order valence-corrected chi connectivity index (χ0v) is 11.4. The average Bonchev–Trinajstić information content (AvgIpc) is 2.36. The Morgan fingerprint density at radius 3 is 2.16 bits per heavy atom. The minimum atomic E-state index is -0.930. The van der Waals surface area contributed by atoms with E-state index in [-0.39, 0.29) is 5.56 Å². The Hall–Kier alpha value is -1.71. The lowest BCUT2D eigenvalue weighted by molar-refractivity contribution is 0.0697. The Morgan fingerprint density at radius 1 is 1.05 bits per heavy atom. The zero-order chi connectivity index (χ0) is 13.8. The van der Waals surface area contributed by atoms with Crippen molar-refractivity contribution in [2.75, 3.05) is 5.32 Å². The van der Waals surface area contributed by atoms with Crippen LogP contribution in [0.5, 0.6) is 0 Å². The van der Waals surface area contributed by atoms with Crippen molar-refractivity contribution in [1.29, 1.82) is 0 Å². The molecule has 0 saturated heterocycles. The van der Waals surface area contributed by atoms with Crippen molar-refractivity contribution >= 4 is 34.9 Å². The number of hydrogen-bond donors (Lipinski definition) is 2. The fourth-order valence-electron chi connectivity index (χ4n) is 1.63. The number of carbonyl (C=O) groups is 1. The predicted molar refractivity (Wildman–Crippen MR) is 77.2 cm³/mol. The molecule has 19 heavy (non-hydrogen) atoms. The number of carboxylic acids is 1. The molecule has 0 radical (unpaired) electrons. The number of carboxylic acid groups (broad SMARTS) is 1. The first-order chi connectivity index (χ1) is 9.04. The van der Waals surface area contributed by atoms with Gasteiger partial charge in [-0.1, -0.05) is 35.3 Å². The lowest BCUT2D eigenvalue weighted by Gasteiger charge is -2.08. The highest BCUT2D eigenvalue weighted by molar-refractivity contribution is 6.35. The number of halogens is 2. The zero-order valence-electron chi connectivity index (χ0n) is 9.86. The molecule has 0 aliphatic rings. The Morgan fingerprint density at radius 2 is 1.63 bits per heavy atom. The average molecular weight is 296 g/mol. The van der Waals surface area contributed by atoms with Crippen molar-refractivity contribution < 1.29 is 9.90 Å². The summed E-state index contributed by atoms with van der Waals surface area (Å²) in [6, 6.07) is 11.9. The molecule has 3 nitrogen and oxygen atoms in total. The van der Waals surface area contributed by atoms with Crippen LogP contribution in [-0.4, -0.2) is 11.1 Å². The molecule has 0 atom stereocenters. The van der Waals surface area contributed by atoms with Gasteiger partial charge in [0.1, 0.15) is 0 Å². The van der Waals surface area contributed by atoms with Gasteiger partial charge in [-0.3, -0.25) is 0 Å². The largest absolute Gasteiger partial charge is 0.478 e. The third-order valence-electron chi connectivity index (χ3n) is 2.56. The first kappa shape index (κ1) is 13.7. The summed E-state index contributed by atoms with van der Waals surface area (Å²) in [5.74, 6) is -0.930. The van der Waals surface area contributed by atoms with Gasteiger partial charge in [0.05, 0.1) is 5.56 Å². The van der Waals surface area contributed by atoms with Gasteiger partial charge in [-0.2, -0.15) is 0 Å². The molecule has 0 spiro atoms. The highest BCUT2D eigenvalue weighted by atomic mass is 35.5. The third-order valence-corrected chi connectivity index (χ3v) is 3.00. The molecule has 0 fully saturated rings. The molecule has 98 valence electrons. The number of benzene rings is 2. The Bertz CT molecular complexity index is 577. The van der Waals surface area contributed by atoms with E-state index in [0.717, 1.165) is 11.3 Å². The lowest BCUT2D eigenvalue weighted by Crippen LogP contribution is -2.01.